The molecule has 1 spiro atoms. The van der Waals surface area contributed by atoms with E-state index in [1.165, 1.54) is 12.8 Å². The van der Waals surface area contributed by atoms with Gasteiger partial charge in [0.1, 0.15) is 0 Å². The molecule has 0 unspecified atom stereocenters. The standard InChI is InChI=1S/C19H26N4O2/c24-17(16-14-3-1-4-15(14)20-21-16)23-10-8-19(12-23)7-2-9-22(18(19)25)11-13-5-6-13/h13H,1-12H2,(H,20,21)/t19-/m0/s1. The average Bonchev–Trinajstić information content (AvgIpc) is 3.01. The van der Waals surface area contributed by atoms with Crippen LogP contribution < -0.4 is 0 Å². The SMILES string of the molecule is O=C(c1n[nH]c2c1CCC2)N1CC[C@@]2(CCCN(CC3CC3)C2=O)C1. The number of nitrogens with zero attached hydrogens (tertiary/aromatic N) is 3. The second-order valence-corrected chi connectivity index (χ2v) is 8.44. The molecule has 2 aliphatic heterocycles. The van der Waals surface area contributed by atoms with Crippen LogP contribution in [0.1, 0.15) is 60.3 Å². The third-order valence-corrected chi connectivity index (χ3v) is 6.65. The highest BCUT2D eigenvalue weighted by molar-refractivity contribution is 5.95. The number of likely N-dealkylation sites (tertiary alicyclic amines) is 2. The van der Waals surface area contributed by atoms with Gasteiger partial charge in [-0.3, -0.25) is 14.7 Å². The minimum atomic E-state index is -0.331. The van der Waals surface area contributed by atoms with E-state index in [1.807, 2.05) is 4.90 Å². The van der Waals surface area contributed by atoms with Crippen LogP contribution in [-0.4, -0.2) is 58.0 Å². The van der Waals surface area contributed by atoms with E-state index in [2.05, 4.69) is 15.1 Å². The van der Waals surface area contributed by atoms with Gasteiger partial charge in [-0.15, -0.1) is 0 Å². The number of nitrogens with one attached hydrogen (secondary N) is 1. The zero-order valence-corrected chi connectivity index (χ0v) is 14.7. The lowest BCUT2D eigenvalue weighted by molar-refractivity contribution is -0.145. The summed E-state index contributed by atoms with van der Waals surface area (Å²) in [6, 6.07) is 0. The number of carbonyl (C=O) groups is 2. The Balaban J connectivity index is 1.32. The van der Waals surface area contributed by atoms with Crippen molar-refractivity contribution in [1.82, 2.24) is 20.0 Å². The Morgan fingerprint density at radius 2 is 2.08 bits per heavy atom. The summed E-state index contributed by atoms with van der Waals surface area (Å²) in [6.45, 7) is 3.09. The van der Waals surface area contributed by atoms with E-state index in [0.29, 0.717) is 24.7 Å². The molecule has 134 valence electrons. The fraction of sp³-hybridized carbons (Fsp3) is 0.737. The molecule has 0 aromatic carbocycles. The molecule has 0 radical (unpaired) electrons. The van der Waals surface area contributed by atoms with Crippen LogP contribution in [0.5, 0.6) is 0 Å². The minimum absolute atomic E-state index is 0.0170. The Morgan fingerprint density at radius 1 is 1.20 bits per heavy atom. The maximum atomic E-state index is 13.1. The molecule has 1 atom stereocenters. The van der Waals surface area contributed by atoms with E-state index < -0.39 is 0 Å². The first-order valence-electron chi connectivity index (χ1n) is 9.81. The highest BCUT2D eigenvalue weighted by Gasteiger charge is 2.50. The first-order chi connectivity index (χ1) is 12.2. The number of rotatable bonds is 3. The average molecular weight is 342 g/mol. The van der Waals surface area contributed by atoms with Gasteiger partial charge >= 0.3 is 0 Å². The number of hydrogen-bond donors (Lipinski definition) is 1. The maximum Gasteiger partial charge on any atom is 0.274 e. The molecule has 4 aliphatic rings. The summed E-state index contributed by atoms with van der Waals surface area (Å²) in [5, 5.41) is 7.32. The van der Waals surface area contributed by atoms with Gasteiger partial charge in [-0.1, -0.05) is 0 Å². The molecule has 2 saturated heterocycles. The van der Waals surface area contributed by atoms with Crippen LogP contribution in [-0.2, 0) is 17.6 Å². The van der Waals surface area contributed by atoms with Gasteiger partial charge < -0.3 is 9.80 Å². The molecule has 25 heavy (non-hydrogen) atoms. The van der Waals surface area contributed by atoms with Crippen LogP contribution >= 0.6 is 0 Å². The molecule has 5 rings (SSSR count). The Hall–Kier alpha value is -1.85. The summed E-state index contributed by atoms with van der Waals surface area (Å²) in [5.74, 6) is 1.04. The lowest BCUT2D eigenvalue weighted by Crippen LogP contribution is -2.51. The number of aromatic nitrogens is 2. The smallest absolute Gasteiger partial charge is 0.274 e. The number of fused-ring (bicyclic) bond motifs is 1. The molecular formula is C19H26N4O2. The van der Waals surface area contributed by atoms with E-state index in [0.717, 1.165) is 68.8 Å². The molecule has 1 aromatic rings. The molecular weight excluding hydrogens is 316 g/mol. The number of amides is 2. The Labute approximate surface area is 147 Å². The number of H-pyrrole nitrogens is 1. The van der Waals surface area contributed by atoms with Crippen molar-refractivity contribution in [2.45, 2.75) is 51.4 Å². The van der Waals surface area contributed by atoms with Crippen LogP contribution in [0.2, 0.25) is 0 Å². The van der Waals surface area contributed by atoms with Crippen molar-refractivity contribution in [3.8, 4) is 0 Å². The fourth-order valence-corrected chi connectivity index (χ4v) is 5.01. The van der Waals surface area contributed by atoms with Gasteiger partial charge in [-0.05, 0) is 57.3 Å². The third kappa shape index (κ3) is 2.49. The van der Waals surface area contributed by atoms with E-state index >= 15 is 0 Å². The predicted octanol–water partition coefficient (Wildman–Crippen LogP) is 1.76. The number of hydrogen-bond acceptors (Lipinski definition) is 3. The Morgan fingerprint density at radius 3 is 2.92 bits per heavy atom. The summed E-state index contributed by atoms with van der Waals surface area (Å²) >= 11 is 0. The molecule has 2 aliphatic carbocycles. The van der Waals surface area contributed by atoms with Gasteiger partial charge in [-0.25, -0.2) is 0 Å². The number of aryl methyl sites for hydroxylation is 1. The third-order valence-electron chi connectivity index (χ3n) is 6.65. The first-order valence-corrected chi connectivity index (χ1v) is 9.81. The minimum Gasteiger partial charge on any atom is -0.342 e. The fourth-order valence-electron chi connectivity index (χ4n) is 5.01. The largest absolute Gasteiger partial charge is 0.342 e. The zero-order valence-electron chi connectivity index (χ0n) is 14.7. The van der Waals surface area contributed by atoms with Crippen molar-refractivity contribution < 1.29 is 9.59 Å². The van der Waals surface area contributed by atoms with Crippen molar-refractivity contribution in [3.63, 3.8) is 0 Å². The van der Waals surface area contributed by atoms with E-state index in [1.54, 1.807) is 0 Å². The Bertz CT molecular complexity index is 723. The van der Waals surface area contributed by atoms with Gasteiger partial charge in [0.25, 0.3) is 5.91 Å². The quantitative estimate of drug-likeness (QED) is 0.910. The lowest BCUT2D eigenvalue weighted by Gasteiger charge is -2.39. The summed E-state index contributed by atoms with van der Waals surface area (Å²) in [6.07, 6.45) is 8.38. The van der Waals surface area contributed by atoms with E-state index in [-0.39, 0.29) is 11.3 Å². The first kappa shape index (κ1) is 15.4. The van der Waals surface area contributed by atoms with Gasteiger partial charge in [0, 0.05) is 37.4 Å². The summed E-state index contributed by atoms with van der Waals surface area (Å²) in [7, 11) is 0. The van der Waals surface area contributed by atoms with Gasteiger partial charge in [-0.2, -0.15) is 5.10 Å². The molecule has 6 nitrogen and oxygen atoms in total. The second kappa shape index (κ2) is 5.58. The Kier molecular flexibility index (Phi) is 3.44. The van der Waals surface area contributed by atoms with Gasteiger partial charge in [0.15, 0.2) is 5.69 Å². The van der Waals surface area contributed by atoms with Crippen molar-refractivity contribution in [2.24, 2.45) is 11.3 Å². The van der Waals surface area contributed by atoms with Crippen LogP contribution in [0.3, 0.4) is 0 Å². The highest BCUT2D eigenvalue weighted by Crippen LogP contribution is 2.42. The van der Waals surface area contributed by atoms with E-state index in [9.17, 15) is 9.59 Å². The van der Waals surface area contributed by atoms with Crippen LogP contribution in [0.4, 0.5) is 0 Å². The summed E-state index contributed by atoms with van der Waals surface area (Å²) in [5.41, 5.74) is 2.50. The zero-order chi connectivity index (χ0) is 17.0. The molecule has 6 heteroatoms. The number of carbonyl (C=O) groups excluding carboxylic acids is 2. The van der Waals surface area contributed by atoms with Crippen molar-refractivity contribution in [2.75, 3.05) is 26.2 Å². The monoisotopic (exact) mass is 342 g/mol. The predicted molar refractivity (Wildman–Crippen MR) is 92.1 cm³/mol. The topological polar surface area (TPSA) is 69.3 Å². The lowest BCUT2D eigenvalue weighted by atomic mass is 9.78. The number of aromatic amines is 1. The van der Waals surface area contributed by atoms with Crippen LogP contribution in [0.25, 0.3) is 0 Å². The second-order valence-electron chi connectivity index (χ2n) is 8.44. The summed E-state index contributed by atoms with van der Waals surface area (Å²) < 4.78 is 0. The van der Waals surface area contributed by atoms with Crippen LogP contribution in [0, 0.1) is 11.3 Å². The van der Waals surface area contributed by atoms with E-state index in [4.69, 9.17) is 0 Å². The molecule has 3 fully saturated rings. The van der Waals surface area contributed by atoms with Crippen molar-refractivity contribution >= 4 is 11.8 Å². The van der Waals surface area contributed by atoms with Crippen molar-refractivity contribution in [3.05, 3.63) is 17.0 Å². The van der Waals surface area contributed by atoms with Crippen molar-refractivity contribution in [1.29, 1.82) is 0 Å². The molecule has 1 saturated carbocycles. The molecule has 2 amide bonds. The molecule has 1 aromatic heterocycles. The summed E-state index contributed by atoms with van der Waals surface area (Å²) in [4.78, 5) is 30.1. The van der Waals surface area contributed by atoms with Gasteiger partial charge in [0.2, 0.25) is 5.91 Å². The van der Waals surface area contributed by atoms with Crippen LogP contribution in [0.15, 0.2) is 0 Å². The number of piperidine rings is 1. The van der Waals surface area contributed by atoms with Gasteiger partial charge in [0.05, 0.1) is 5.41 Å². The molecule has 0 bridgehead atoms. The highest BCUT2D eigenvalue weighted by atomic mass is 16.2. The molecule has 1 N–H and O–H groups in total. The normalized spacial score (nSPS) is 28.9. The maximum absolute atomic E-state index is 13.1. The molecule has 3 heterocycles.